The third-order valence-electron chi connectivity index (χ3n) is 5.33. The van der Waals surface area contributed by atoms with E-state index in [2.05, 4.69) is 40.4 Å². The van der Waals surface area contributed by atoms with Gasteiger partial charge in [0.2, 0.25) is 5.91 Å². The molecule has 0 saturated heterocycles. The fraction of sp³-hybridized carbons (Fsp3) is 0.526. The SMILES string of the molecule is CC1(C)CCCCCc2cc(ccn2)Nc2n[nH]c3c2CN(C3)C1=O. The van der Waals surface area contributed by atoms with E-state index in [9.17, 15) is 4.79 Å². The highest BCUT2D eigenvalue weighted by molar-refractivity contribution is 5.83. The van der Waals surface area contributed by atoms with E-state index in [0.717, 1.165) is 60.6 Å². The highest BCUT2D eigenvalue weighted by atomic mass is 16.2. The average Bonchev–Trinajstić information content (AvgIpc) is 3.15. The molecule has 0 radical (unpaired) electrons. The van der Waals surface area contributed by atoms with Crippen LogP contribution in [0.5, 0.6) is 0 Å². The second-order valence-electron chi connectivity index (χ2n) is 7.80. The summed E-state index contributed by atoms with van der Waals surface area (Å²) in [6, 6.07) is 4.06. The van der Waals surface area contributed by atoms with E-state index in [0.29, 0.717) is 13.1 Å². The molecule has 0 spiro atoms. The predicted molar refractivity (Wildman–Crippen MR) is 96.3 cm³/mol. The molecule has 2 N–H and O–H groups in total. The fourth-order valence-corrected chi connectivity index (χ4v) is 3.80. The zero-order valence-electron chi connectivity index (χ0n) is 14.9. The minimum Gasteiger partial charge on any atom is -0.338 e. The van der Waals surface area contributed by atoms with E-state index >= 15 is 0 Å². The average molecular weight is 339 g/mol. The molecule has 4 bridgehead atoms. The summed E-state index contributed by atoms with van der Waals surface area (Å²) in [6.45, 7) is 5.38. The van der Waals surface area contributed by atoms with Gasteiger partial charge in [-0.05, 0) is 31.4 Å². The van der Waals surface area contributed by atoms with Crippen molar-refractivity contribution in [2.45, 2.75) is 59.0 Å². The van der Waals surface area contributed by atoms with Gasteiger partial charge in [0.1, 0.15) is 0 Å². The number of fused-ring (bicyclic) bond motifs is 3. The van der Waals surface area contributed by atoms with Gasteiger partial charge in [-0.1, -0.05) is 26.7 Å². The number of hydrogen-bond donors (Lipinski definition) is 2. The van der Waals surface area contributed by atoms with Crippen molar-refractivity contribution >= 4 is 17.4 Å². The van der Waals surface area contributed by atoms with E-state index in [4.69, 9.17) is 0 Å². The van der Waals surface area contributed by atoms with E-state index < -0.39 is 0 Å². The smallest absolute Gasteiger partial charge is 0.228 e. The molecule has 132 valence electrons. The molecule has 0 saturated carbocycles. The summed E-state index contributed by atoms with van der Waals surface area (Å²) in [6.07, 6.45) is 7.04. The van der Waals surface area contributed by atoms with Gasteiger partial charge in [-0.15, -0.1) is 0 Å². The van der Waals surface area contributed by atoms with Crippen molar-refractivity contribution in [3.63, 3.8) is 0 Å². The van der Waals surface area contributed by atoms with Crippen LogP contribution in [0.4, 0.5) is 11.5 Å². The Morgan fingerprint density at radius 3 is 2.96 bits per heavy atom. The van der Waals surface area contributed by atoms with E-state index in [-0.39, 0.29) is 11.3 Å². The molecule has 2 aliphatic rings. The molecule has 6 nitrogen and oxygen atoms in total. The summed E-state index contributed by atoms with van der Waals surface area (Å²) in [5.41, 5.74) is 3.91. The monoisotopic (exact) mass is 339 g/mol. The van der Waals surface area contributed by atoms with Crippen LogP contribution in [0.3, 0.4) is 0 Å². The molecule has 2 aromatic heterocycles. The Bertz CT molecular complexity index is 795. The summed E-state index contributed by atoms with van der Waals surface area (Å²) in [5, 5.41) is 10.9. The Morgan fingerprint density at radius 1 is 1.20 bits per heavy atom. The highest BCUT2D eigenvalue weighted by Gasteiger charge is 2.36. The Balaban J connectivity index is 1.66. The van der Waals surface area contributed by atoms with Crippen LogP contribution < -0.4 is 5.32 Å². The van der Waals surface area contributed by atoms with Crippen molar-refractivity contribution in [1.82, 2.24) is 20.1 Å². The molecule has 0 fully saturated rings. The van der Waals surface area contributed by atoms with Crippen LogP contribution >= 0.6 is 0 Å². The first-order valence-electron chi connectivity index (χ1n) is 9.10. The Labute approximate surface area is 148 Å². The highest BCUT2D eigenvalue weighted by Crippen LogP contribution is 2.34. The number of nitrogens with one attached hydrogen (secondary N) is 2. The van der Waals surface area contributed by atoms with Gasteiger partial charge in [0.25, 0.3) is 0 Å². The van der Waals surface area contributed by atoms with Crippen LogP contribution in [-0.2, 0) is 24.3 Å². The Kier molecular flexibility index (Phi) is 3.98. The third-order valence-corrected chi connectivity index (χ3v) is 5.33. The quantitative estimate of drug-likeness (QED) is 0.770. The van der Waals surface area contributed by atoms with Crippen LogP contribution in [0.25, 0.3) is 0 Å². The number of anilines is 2. The lowest BCUT2D eigenvalue weighted by Gasteiger charge is -2.29. The number of aryl methyl sites for hydroxylation is 1. The van der Waals surface area contributed by atoms with Crippen LogP contribution in [0, 0.1) is 5.41 Å². The van der Waals surface area contributed by atoms with Crippen LogP contribution in [-0.4, -0.2) is 26.0 Å². The summed E-state index contributed by atoms with van der Waals surface area (Å²) < 4.78 is 0. The maximum atomic E-state index is 13.0. The maximum Gasteiger partial charge on any atom is 0.228 e. The van der Waals surface area contributed by atoms with Gasteiger partial charge in [-0.3, -0.25) is 14.9 Å². The van der Waals surface area contributed by atoms with Crippen molar-refractivity contribution in [3.05, 3.63) is 35.3 Å². The molecule has 0 aliphatic carbocycles. The van der Waals surface area contributed by atoms with Gasteiger partial charge in [0.05, 0.1) is 18.8 Å². The molecule has 4 rings (SSSR count). The first kappa shape index (κ1) is 16.1. The molecule has 1 amide bonds. The minimum atomic E-state index is -0.319. The van der Waals surface area contributed by atoms with Crippen molar-refractivity contribution < 1.29 is 4.79 Å². The molecule has 0 unspecified atom stereocenters. The number of carbonyl (C=O) groups excluding carboxylic acids is 1. The number of nitrogens with zero attached hydrogens (tertiary/aromatic N) is 3. The maximum absolute atomic E-state index is 13.0. The number of rotatable bonds is 0. The predicted octanol–water partition coefficient (Wildman–Crippen LogP) is 3.53. The molecule has 0 atom stereocenters. The topological polar surface area (TPSA) is 73.9 Å². The first-order valence-corrected chi connectivity index (χ1v) is 9.10. The van der Waals surface area contributed by atoms with Crippen LogP contribution in [0.1, 0.15) is 56.5 Å². The summed E-state index contributed by atoms with van der Waals surface area (Å²) in [7, 11) is 0. The number of H-pyrrole nitrogens is 1. The van der Waals surface area contributed by atoms with Crippen LogP contribution in [0.15, 0.2) is 18.3 Å². The number of aromatic amines is 1. The number of carbonyl (C=O) groups is 1. The zero-order valence-corrected chi connectivity index (χ0v) is 14.9. The molecular weight excluding hydrogens is 314 g/mol. The number of amides is 1. The van der Waals surface area contributed by atoms with Gasteiger partial charge in [-0.2, -0.15) is 5.10 Å². The fourth-order valence-electron chi connectivity index (χ4n) is 3.80. The number of aromatic nitrogens is 3. The van der Waals surface area contributed by atoms with Crippen molar-refractivity contribution in [3.8, 4) is 0 Å². The molecule has 0 aromatic carbocycles. The minimum absolute atomic E-state index is 0.236. The molecular formula is C19H25N5O. The number of pyridine rings is 1. The molecule has 25 heavy (non-hydrogen) atoms. The van der Waals surface area contributed by atoms with Gasteiger partial charge < -0.3 is 10.2 Å². The van der Waals surface area contributed by atoms with Gasteiger partial charge in [-0.25, -0.2) is 0 Å². The Hall–Kier alpha value is -2.37. The van der Waals surface area contributed by atoms with Gasteiger partial charge >= 0.3 is 0 Å². The van der Waals surface area contributed by atoms with Gasteiger partial charge in [0.15, 0.2) is 5.82 Å². The molecule has 6 heteroatoms. The van der Waals surface area contributed by atoms with E-state index in [1.54, 1.807) is 0 Å². The molecule has 2 aliphatic heterocycles. The van der Waals surface area contributed by atoms with Gasteiger partial charge in [0, 0.05) is 28.6 Å². The van der Waals surface area contributed by atoms with Crippen molar-refractivity contribution in [2.75, 3.05) is 5.32 Å². The van der Waals surface area contributed by atoms with Crippen LogP contribution in [0.2, 0.25) is 0 Å². The summed E-state index contributed by atoms with van der Waals surface area (Å²) in [5.74, 6) is 1.05. The first-order chi connectivity index (χ1) is 12.0. The standard InChI is InChI=1S/C19H25N5O/c1-19(2)8-5-3-4-6-13-10-14(7-9-20-13)21-17-15-11-24(18(19)25)12-16(15)22-23-17/h7,9-10H,3-6,8,11-12H2,1-2H3,(H2,21,22,23). The summed E-state index contributed by atoms with van der Waals surface area (Å²) in [4.78, 5) is 19.4. The Morgan fingerprint density at radius 2 is 2.08 bits per heavy atom. The van der Waals surface area contributed by atoms with E-state index in [1.165, 1.54) is 0 Å². The lowest BCUT2D eigenvalue weighted by atomic mass is 9.85. The summed E-state index contributed by atoms with van der Waals surface area (Å²) >= 11 is 0. The lowest BCUT2D eigenvalue weighted by Crippen LogP contribution is -2.38. The zero-order chi connectivity index (χ0) is 17.4. The van der Waals surface area contributed by atoms with E-state index in [1.807, 2.05) is 17.2 Å². The third kappa shape index (κ3) is 3.13. The second-order valence-corrected chi connectivity index (χ2v) is 7.80. The molecule has 2 aromatic rings. The second kappa shape index (κ2) is 6.17. The largest absolute Gasteiger partial charge is 0.338 e. The number of hydrogen-bond acceptors (Lipinski definition) is 4. The van der Waals surface area contributed by atoms with Crippen molar-refractivity contribution in [1.29, 1.82) is 0 Å². The van der Waals surface area contributed by atoms with Crippen molar-refractivity contribution in [2.24, 2.45) is 5.41 Å². The molecule has 4 heterocycles. The normalized spacial score (nSPS) is 19.9. The lowest BCUT2D eigenvalue weighted by molar-refractivity contribution is -0.141.